The Bertz CT molecular complexity index is 425. The molecule has 1 saturated carbocycles. The molecule has 0 aromatic heterocycles. The number of amides is 1. The second-order valence-electron chi connectivity index (χ2n) is 7.69. The van der Waals surface area contributed by atoms with Gasteiger partial charge in [-0.25, -0.2) is 4.79 Å². The van der Waals surface area contributed by atoms with E-state index in [1.54, 1.807) is 0 Å². The molecule has 0 aromatic carbocycles. The number of hydrogen-bond acceptors (Lipinski definition) is 3. The molecule has 2 N–H and O–H groups in total. The van der Waals surface area contributed by atoms with Crippen molar-refractivity contribution in [3.8, 4) is 0 Å². The van der Waals surface area contributed by atoms with Crippen LogP contribution in [0.25, 0.3) is 0 Å². The van der Waals surface area contributed by atoms with Crippen LogP contribution in [0.2, 0.25) is 0 Å². The molecule has 1 saturated heterocycles. The number of halogens is 1. The Morgan fingerprint density at radius 2 is 1.58 bits per heavy atom. The lowest BCUT2D eigenvalue weighted by Gasteiger charge is -2.33. The van der Waals surface area contributed by atoms with Gasteiger partial charge in [0.2, 0.25) is 0 Å². The Morgan fingerprint density at radius 1 is 1.08 bits per heavy atom. The van der Waals surface area contributed by atoms with Gasteiger partial charge in [0.05, 0.1) is 0 Å². The van der Waals surface area contributed by atoms with Crippen LogP contribution >= 0.6 is 24.0 Å². The molecule has 7 heteroatoms. The normalized spacial score (nSPS) is 19.5. The van der Waals surface area contributed by atoms with E-state index in [-0.39, 0.29) is 30.1 Å². The first-order chi connectivity index (χ1) is 10.9. The number of ether oxygens (including phenoxy) is 1. The molecule has 2 aliphatic rings. The van der Waals surface area contributed by atoms with Crippen LogP contribution in [0.4, 0.5) is 4.79 Å². The van der Waals surface area contributed by atoms with E-state index < -0.39 is 5.60 Å². The SMILES string of the molecule is CN=C(NCC1CC1)NCC1CCN(C(=O)OC(C)(C)C)CC1.I. The summed E-state index contributed by atoms with van der Waals surface area (Å²) in [5, 5.41) is 6.79. The number of carbonyl (C=O) groups excluding carboxylic acids is 1. The molecule has 6 nitrogen and oxygen atoms in total. The van der Waals surface area contributed by atoms with Crippen molar-refractivity contribution >= 4 is 36.0 Å². The lowest BCUT2D eigenvalue weighted by Crippen LogP contribution is -2.45. The summed E-state index contributed by atoms with van der Waals surface area (Å²) in [4.78, 5) is 18.1. The van der Waals surface area contributed by atoms with Gasteiger partial charge >= 0.3 is 6.09 Å². The predicted molar refractivity (Wildman–Crippen MR) is 108 cm³/mol. The molecular formula is C17H33IN4O2. The smallest absolute Gasteiger partial charge is 0.410 e. The van der Waals surface area contributed by atoms with E-state index in [9.17, 15) is 4.79 Å². The van der Waals surface area contributed by atoms with Crippen molar-refractivity contribution in [1.82, 2.24) is 15.5 Å². The zero-order valence-electron chi connectivity index (χ0n) is 15.4. The largest absolute Gasteiger partial charge is 0.444 e. The zero-order valence-corrected chi connectivity index (χ0v) is 17.8. The third-order valence-corrected chi connectivity index (χ3v) is 4.30. The van der Waals surface area contributed by atoms with Gasteiger partial charge in [0.15, 0.2) is 5.96 Å². The number of aliphatic imine (C=N–C) groups is 1. The van der Waals surface area contributed by atoms with Gasteiger partial charge in [0, 0.05) is 33.2 Å². The number of likely N-dealkylation sites (tertiary alicyclic amines) is 1. The maximum atomic E-state index is 12.0. The molecule has 0 atom stereocenters. The predicted octanol–water partition coefficient (Wildman–Crippen LogP) is 2.83. The molecule has 1 aliphatic carbocycles. The van der Waals surface area contributed by atoms with Gasteiger partial charge in [-0.15, -0.1) is 24.0 Å². The number of hydrogen-bond donors (Lipinski definition) is 2. The molecule has 0 aromatic rings. The van der Waals surface area contributed by atoms with E-state index in [0.29, 0.717) is 5.92 Å². The summed E-state index contributed by atoms with van der Waals surface area (Å²) >= 11 is 0. The number of nitrogens with one attached hydrogen (secondary N) is 2. The second kappa shape index (κ2) is 9.68. The molecule has 0 unspecified atom stereocenters. The van der Waals surface area contributed by atoms with E-state index in [4.69, 9.17) is 4.74 Å². The molecule has 0 bridgehead atoms. The van der Waals surface area contributed by atoms with Crippen molar-refractivity contribution in [2.24, 2.45) is 16.8 Å². The Balaban J connectivity index is 0.00000288. The minimum absolute atomic E-state index is 0. The minimum Gasteiger partial charge on any atom is -0.444 e. The third kappa shape index (κ3) is 7.90. The summed E-state index contributed by atoms with van der Waals surface area (Å²) in [6.45, 7) is 9.19. The number of carbonyl (C=O) groups is 1. The Kier molecular flexibility index (Phi) is 8.59. The van der Waals surface area contributed by atoms with Gasteiger partial charge in [-0.2, -0.15) is 0 Å². The highest BCUT2D eigenvalue weighted by atomic mass is 127. The maximum Gasteiger partial charge on any atom is 0.410 e. The van der Waals surface area contributed by atoms with Gasteiger partial charge in [0.25, 0.3) is 0 Å². The van der Waals surface area contributed by atoms with Gasteiger partial charge in [0.1, 0.15) is 5.60 Å². The lowest BCUT2D eigenvalue weighted by atomic mass is 9.97. The van der Waals surface area contributed by atoms with Crippen molar-refractivity contribution in [3.63, 3.8) is 0 Å². The van der Waals surface area contributed by atoms with Gasteiger partial charge in [-0.3, -0.25) is 4.99 Å². The van der Waals surface area contributed by atoms with Crippen LogP contribution in [0, 0.1) is 11.8 Å². The molecule has 0 spiro atoms. The highest BCUT2D eigenvalue weighted by molar-refractivity contribution is 14.0. The first-order valence-corrected chi connectivity index (χ1v) is 8.80. The standard InChI is InChI=1S/C17H32N4O2.HI/c1-17(2,3)23-16(22)21-9-7-14(8-10-21)12-20-15(18-4)19-11-13-5-6-13;/h13-14H,5-12H2,1-4H3,(H2,18,19,20);1H. The van der Waals surface area contributed by atoms with Gasteiger partial charge in [-0.1, -0.05) is 0 Å². The topological polar surface area (TPSA) is 66.0 Å². The third-order valence-electron chi connectivity index (χ3n) is 4.30. The summed E-state index contributed by atoms with van der Waals surface area (Å²) in [7, 11) is 1.81. The molecule has 1 heterocycles. The summed E-state index contributed by atoms with van der Waals surface area (Å²) in [6.07, 6.45) is 4.50. The Labute approximate surface area is 163 Å². The van der Waals surface area contributed by atoms with E-state index >= 15 is 0 Å². The van der Waals surface area contributed by atoms with Crippen LogP contribution in [-0.4, -0.2) is 55.8 Å². The summed E-state index contributed by atoms with van der Waals surface area (Å²) in [6, 6.07) is 0. The first-order valence-electron chi connectivity index (χ1n) is 8.80. The van der Waals surface area contributed by atoms with Crippen molar-refractivity contribution in [2.45, 2.75) is 52.1 Å². The molecule has 140 valence electrons. The van der Waals surface area contributed by atoms with Crippen molar-refractivity contribution in [3.05, 3.63) is 0 Å². The zero-order chi connectivity index (χ0) is 16.9. The van der Waals surface area contributed by atoms with Crippen LogP contribution in [0.15, 0.2) is 4.99 Å². The molecule has 1 aliphatic heterocycles. The molecule has 2 rings (SSSR count). The second-order valence-corrected chi connectivity index (χ2v) is 7.69. The highest BCUT2D eigenvalue weighted by Crippen LogP contribution is 2.27. The summed E-state index contributed by atoms with van der Waals surface area (Å²) < 4.78 is 5.43. The fourth-order valence-corrected chi connectivity index (χ4v) is 2.67. The Hall–Kier alpha value is -0.730. The average Bonchev–Trinajstić information content (AvgIpc) is 3.30. The minimum atomic E-state index is -0.421. The van der Waals surface area contributed by atoms with Crippen LogP contribution in [-0.2, 0) is 4.74 Å². The fourth-order valence-electron chi connectivity index (χ4n) is 2.67. The van der Waals surface area contributed by atoms with Crippen LogP contribution < -0.4 is 10.6 Å². The molecule has 24 heavy (non-hydrogen) atoms. The van der Waals surface area contributed by atoms with Crippen LogP contribution in [0.5, 0.6) is 0 Å². The highest BCUT2D eigenvalue weighted by Gasteiger charge is 2.27. The summed E-state index contributed by atoms with van der Waals surface area (Å²) in [5.41, 5.74) is -0.421. The monoisotopic (exact) mass is 452 g/mol. The molecule has 1 amide bonds. The van der Waals surface area contributed by atoms with Crippen LogP contribution in [0.1, 0.15) is 46.5 Å². The number of guanidine groups is 1. The van der Waals surface area contributed by atoms with E-state index in [0.717, 1.165) is 50.9 Å². The average molecular weight is 452 g/mol. The van der Waals surface area contributed by atoms with Crippen molar-refractivity contribution in [1.29, 1.82) is 0 Å². The van der Waals surface area contributed by atoms with E-state index in [1.807, 2.05) is 32.7 Å². The molecule has 2 fully saturated rings. The van der Waals surface area contributed by atoms with Gasteiger partial charge < -0.3 is 20.3 Å². The molecule has 0 radical (unpaired) electrons. The molecular weight excluding hydrogens is 419 g/mol. The number of piperidine rings is 1. The lowest BCUT2D eigenvalue weighted by molar-refractivity contribution is 0.0185. The first kappa shape index (κ1) is 21.3. The van der Waals surface area contributed by atoms with E-state index in [1.165, 1.54) is 12.8 Å². The quantitative estimate of drug-likeness (QED) is 0.391. The van der Waals surface area contributed by atoms with E-state index in [2.05, 4.69) is 15.6 Å². The number of nitrogens with zero attached hydrogens (tertiary/aromatic N) is 2. The fraction of sp³-hybridized carbons (Fsp3) is 0.882. The maximum absolute atomic E-state index is 12.0. The van der Waals surface area contributed by atoms with Crippen molar-refractivity contribution < 1.29 is 9.53 Å². The Morgan fingerprint density at radius 3 is 2.00 bits per heavy atom. The van der Waals surface area contributed by atoms with Crippen LogP contribution in [0.3, 0.4) is 0 Å². The van der Waals surface area contributed by atoms with Gasteiger partial charge in [-0.05, 0) is 58.3 Å². The summed E-state index contributed by atoms with van der Waals surface area (Å²) in [5.74, 6) is 2.31. The number of rotatable bonds is 4. The van der Waals surface area contributed by atoms with Crippen molar-refractivity contribution in [2.75, 3.05) is 33.2 Å².